The molecule has 2 rings (SSSR count). The van der Waals surface area contributed by atoms with E-state index in [4.69, 9.17) is 11.6 Å². The molecule has 0 aliphatic rings. The molecular weight excluding hydrogens is 402 g/mol. The van der Waals surface area contributed by atoms with E-state index in [1.807, 2.05) is 0 Å². The summed E-state index contributed by atoms with van der Waals surface area (Å²) in [6, 6.07) is 12.3. The molecule has 3 N–H and O–H groups in total. The highest BCUT2D eigenvalue weighted by atomic mass is 35.5. The fraction of sp³-hybridized carbons (Fsp3) is 0.263. The lowest BCUT2D eigenvalue weighted by Gasteiger charge is -2.15. The second kappa shape index (κ2) is 9.57. The largest absolute Gasteiger partial charge is 0.350 e. The van der Waals surface area contributed by atoms with Gasteiger partial charge >= 0.3 is 6.03 Å². The van der Waals surface area contributed by atoms with Crippen LogP contribution in [0.25, 0.3) is 0 Å². The van der Waals surface area contributed by atoms with Gasteiger partial charge in [-0.15, -0.1) is 0 Å². The molecule has 1 unspecified atom stereocenters. The topological polar surface area (TPSA) is 104 Å². The number of urea groups is 1. The Balaban J connectivity index is 1.76. The molecule has 1 atom stereocenters. The highest BCUT2D eigenvalue weighted by molar-refractivity contribution is 7.90. The molecule has 0 saturated carbocycles. The summed E-state index contributed by atoms with van der Waals surface area (Å²) in [6.45, 7) is 2.27. The normalized spacial score (nSPS) is 12.1. The maximum absolute atomic E-state index is 12.0. The van der Waals surface area contributed by atoms with E-state index in [0.29, 0.717) is 10.6 Å². The average molecular weight is 424 g/mol. The molecule has 0 heterocycles. The van der Waals surface area contributed by atoms with Crippen molar-refractivity contribution < 1.29 is 18.0 Å². The minimum atomic E-state index is -3.26. The third-order valence-electron chi connectivity index (χ3n) is 3.97. The van der Waals surface area contributed by atoms with Gasteiger partial charge in [0.2, 0.25) is 0 Å². The molecule has 2 aromatic carbocycles. The van der Waals surface area contributed by atoms with Crippen molar-refractivity contribution in [1.29, 1.82) is 0 Å². The van der Waals surface area contributed by atoms with Gasteiger partial charge in [0.15, 0.2) is 9.84 Å². The van der Waals surface area contributed by atoms with E-state index in [2.05, 4.69) is 16.0 Å². The third-order valence-corrected chi connectivity index (χ3v) is 5.43. The lowest BCUT2D eigenvalue weighted by Crippen LogP contribution is -2.41. The van der Waals surface area contributed by atoms with Crippen LogP contribution in [-0.4, -0.2) is 39.7 Å². The van der Waals surface area contributed by atoms with E-state index in [-0.39, 0.29) is 29.9 Å². The number of rotatable bonds is 7. The van der Waals surface area contributed by atoms with E-state index in [1.165, 1.54) is 12.1 Å². The zero-order valence-corrected chi connectivity index (χ0v) is 17.1. The molecule has 28 heavy (non-hydrogen) atoms. The molecule has 0 aliphatic carbocycles. The Kier molecular flexibility index (Phi) is 7.42. The highest BCUT2D eigenvalue weighted by Gasteiger charge is 2.12. The molecule has 0 aliphatic heterocycles. The molecule has 0 bridgehead atoms. The Hall–Kier alpha value is -2.58. The van der Waals surface area contributed by atoms with Gasteiger partial charge in [-0.3, -0.25) is 4.79 Å². The maximum Gasteiger partial charge on any atom is 0.315 e. The van der Waals surface area contributed by atoms with Crippen molar-refractivity contribution in [2.45, 2.75) is 17.9 Å². The monoisotopic (exact) mass is 423 g/mol. The van der Waals surface area contributed by atoms with Crippen LogP contribution < -0.4 is 16.0 Å². The summed E-state index contributed by atoms with van der Waals surface area (Å²) in [5.41, 5.74) is 1.15. The van der Waals surface area contributed by atoms with Gasteiger partial charge in [0.25, 0.3) is 5.91 Å². The van der Waals surface area contributed by atoms with Gasteiger partial charge in [0, 0.05) is 19.3 Å². The summed E-state index contributed by atoms with van der Waals surface area (Å²) in [7, 11) is -3.26. The molecule has 0 aromatic heterocycles. The number of halogens is 1. The molecule has 2 aromatic rings. The molecule has 3 amide bonds. The van der Waals surface area contributed by atoms with Gasteiger partial charge in [-0.05, 0) is 36.8 Å². The second-order valence-corrected chi connectivity index (χ2v) is 8.62. The first kappa shape index (κ1) is 21.7. The first-order valence-electron chi connectivity index (χ1n) is 8.55. The van der Waals surface area contributed by atoms with Crippen molar-refractivity contribution in [3.8, 4) is 0 Å². The van der Waals surface area contributed by atoms with Crippen molar-refractivity contribution in [3.05, 3.63) is 64.7 Å². The van der Waals surface area contributed by atoms with Crippen LogP contribution in [0.4, 0.5) is 4.79 Å². The summed E-state index contributed by atoms with van der Waals surface area (Å²) in [5, 5.41) is 8.44. The summed E-state index contributed by atoms with van der Waals surface area (Å²) < 4.78 is 23.0. The Morgan fingerprint density at radius 1 is 1.00 bits per heavy atom. The van der Waals surface area contributed by atoms with Crippen LogP contribution >= 0.6 is 11.6 Å². The van der Waals surface area contributed by atoms with Gasteiger partial charge in [-0.25, -0.2) is 13.2 Å². The Morgan fingerprint density at radius 3 is 2.21 bits per heavy atom. The van der Waals surface area contributed by atoms with Gasteiger partial charge < -0.3 is 16.0 Å². The van der Waals surface area contributed by atoms with Crippen LogP contribution in [0.1, 0.15) is 28.9 Å². The lowest BCUT2D eigenvalue weighted by atomic mass is 10.1. The van der Waals surface area contributed by atoms with Crippen molar-refractivity contribution in [2.24, 2.45) is 0 Å². The van der Waals surface area contributed by atoms with Crippen LogP contribution in [-0.2, 0) is 9.84 Å². The number of sulfone groups is 1. The molecule has 150 valence electrons. The fourth-order valence-corrected chi connectivity index (χ4v) is 3.28. The summed E-state index contributed by atoms with van der Waals surface area (Å²) in [5.74, 6) is -0.313. The first-order valence-corrected chi connectivity index (χ1v) is 10.8. The SMILES string of the molecule is CC(NC(=O)NCCNC(=O)c1ccccc1Cl)c1ccc(S(C)(=O)=O)cc1. The highest BCUT2D eigenvalue weighted by Crippen LogP contribution is 2.16. The van der Waals surface area contributed by atoms with Crippen LogP contribution in [0.15, 0.2) is 53.4 Å². The Morgan fingerprint density at radius 2 is 1.61 bits per heavy atom. The second-order valence-electron chi connectivity index (χ2n) is 6.20. The van der Waals surface area contributed by atoms with Crippen LogP contribution in [0.3, 0.4) is 0 Å². The summed E-state index contributed by atoms with van der Waals surface area (Å²) >= 11 is 5.96. The van der Waals surface area contributed by atoms with Crippen LogP contribution in [0.5, 0.6) is 0 Å². The van der Waals surface area contributed by atoms with Crippen LogP contribution in [0.2, 0.25) is 5.02 Å². The van der Waals surface area contributed by atoms with E-state index < -0.39 is 15.9 Å². The molecule has 0 radical (unpaired) electrons. The van der Waals surface area contributed by atoms with Gasteiger partial charge in [-0.1, -0.05) is 35.9 Å². The van der Waals surface area contributed by atoms with E-state index >= 15 is 0 Å². The number of carbonyl (C=O) groups is 2. The predicted molar refractivity (Wildman–Crippen MR) is 108 cm³/mol. The summed E-state index contributed by atoms with van der Waals surface area (Å²) in [6.07, 6.45) is 1.14. The van der Waals surface area contributed by atoms with Crippen molar-refractivity contribution in [2.75, 3.05) is 19.3 Å². The molecule has 0 fully saturated rings. The molecule has 0 spiro atoms. The fourth-order valence-electron chi connectivity index (χ4n) is 2.43. The van der Waals surface area contributed by atoms with Crippen molar-refractivity contribution in [3.63, 3.8) is 0 Å². The van der Waals surface area contributed by atoms with Crippen LogP contribution in [0, 0.1) is 0 Å². The number of carbonyl (C=O) groups excluding carboxylic acids is 2. The van der Waals surface area contributed by atoms with E-state index in [9.17, 15) is 18.0 Å². The number of hydrogen-bond donors (Lipinski definition) is 3. The zero-order valence-electron chi connectivity index (χ0n) is 15.5. The Labute approximate surface area is 169 Å². The minimum absolute atomic E-state index is 0.224. The first-order chi connectivity index (χ1) is 13.2. The zero-order chi connectivity index (χ0) is 20.7. The number of nitrogens with one attached hydrogen (secondary N) is 3. The van der Waals surface area contributed by atoms with Crippen molar-refractivity contribution in [1.82, 2.24) is 16.0 Å². The number of hydrogen-bond acceptors (Lipinski definition) is 4. The van der Waals surface area contributed by atoms with E-state index in [1.54, 1.807) is 43.3 Å². The van der Waals surface area contributed by atoms with Gasteiger partial charge in [0.1, 0.15) is 0 Å². The quantitative estimate of drug-likeness (QED) is 0.595. The van der Waals surface area contributed by atoms with Gasteiger partial charge in [-0.2, -0.15) is 0 Å². The molecule has 0 saturated heterocycles. The van der Waals surface area contributed by atoms with E-state index in [0.717, 1.165) is 11.8 Å². The molecular formula is C19H22ClN3O4S. The van der Waals surface area contributed by atoms with Crippen molar-refractivity contribution >= 4 is 33.4 Å². The third kappa shape index (κ3) is 6.24. The molecule has 9 heteroatoms. The maximum atomic E-state index is 12.0. The standard InChI is InChI=1S/C19H22ClN3O4S/c1-13(14-7-9-15(10-8-14)28(2,26)27)23-19(25)22-12-11-21-18(24)16-5-3-4-6-17(16)20/h3-10,13H,11-12H2,1-2H3,(H,21,24)(H2,22,23,25). The average Bonchev–Trinajstić information content (AvgIpc) is 2.64. The lowest BCUT2D eigenvalue weighted by molar-refractivity contribution is 0.0954. The van der Waals surface area contributed by atoms with Gasteiger partial charge in [0.05, 0.1) is 21.5 Å². The number of amides is 3. The Bertz CT molecular complexity index is 946. The summed E-state index contributed by atoms with van der Waals surface area (Å²) in [4.78, 5) is 24.2. The smallest absolute Gasteiger partial charge is 0.315 e. The number of benzene rings is 2. The molecule has 7 nitrogen and oxygen atoms in total. The minimum Gasteiger partial charge on any atom is -0.350 e. The predicted octanol–water partition coefficient (Wildman–Crippen LogP) is 2.53.